The average molecular weight is 256 g/mol. The van der Waals surface area contributed by atoms with Crippen molar-refractivity contribution in [1.29, 1.82) is 0 Å². The first-order valence-corrected chi connectivity index (χ1v) is 6.75. The molecule has 17 heavy (non-hydrogen) atoms. The maximum Gasteiger partial charge on any atom is 0.125 e. The minimum absolute atomic E-state index is 0.112. The quantitative estimate of drug-likeness (QED) is 0.846. The number of nitrogens with one attached hydrogen (secondary N) is 1. The standard InChI is InChI=1S/C12H20N2O2S/c1-13-7-10-9(8-15-2)14-11(17-10)12(16-3)5-4-6-12/h13H,4-8H2,1-3H3. The van der Waals surface area contributed by atoms with Crippen molar-refractivity contribution < 1.29 is 9.47 Å². The number of ether oxygens (including phenoxy) is 2. The van der Waals surface area contributed by atoms with E-state index in [1.807, 2.05) is 7.05 Å². The molecule has 1 N–H and O–H groups in total. The molecule has 0 spiro atoms. The van der Waals surface area contributed by atoms with Gasteiger partial charge in [-0.2, -0.15) is 0 Å². The maximum absolute atomic E-state index is 5.67. The highest BCUT2D eigenvalue weighted by Crippen LogP contribution is 2.46. The second-order valence-corrected chi connectivity index (χ2v) is 5.49. The van der Waals surface area contributed by atoms with E-state index in [4.69, 9.17) is 14.5 Å². The average Bonchev–Trinajstić information content (AvgIpc) is 2.63. The zero-order chi connectivity index (χ0) is 12.3. The van der Waals surface area contributed by atoms with Gasteiger partial charge in [0.1, 0.15) is 10.6 Å². The molecule has 1 aromatic rings. The van der Waals surface area contributed by atoms with Crippen molar-refractivity contribution in [3.63, 3.8) is 0 Å². The molecule has 0 amide bonds. The van der Waals surface area contributed by atoms with E-state index in [0.717, 1.165) is 30.1 Å². The molecule has 0 atom stereocenters. The Bertz CT molecular complexity index is 346. The lowest BCUT2D eigenvalue weighted by atomic mass is 9.80. The van der Waals surface area contributed by atoms with Crippen molar-refractivity contribution in [2.75, 3.05) is 21.3 Å². The van der Waals surface area contributed by atoms with Crippen molar-refractivity contribution in [2.45, 2.75) is 38.0 Å². The summed E-state index contributed by atoms with van der Waals surface area (Å²) in [4.78, 5) is 5.97. The lowest BCUT2D eigenvalue weighted by Gasteiger charge is -2.38. The molecule has 0 saturated heterocycles. The first-order chi connectivity index (χ1) is 8.25. The van der Waals surface area contributed by atoms with Gasteiger partial charge in [0.05, 0.1) is 12.3 Å². The van der Waals surface area contributed by atoms with Crippen molar-refractivity contribution in [1.82, 2.24) is 10.3 Å². The third-order valence-corrected chi connectivity index (χ3v) is 4.62. The molecule has 1 fully saturated rings. The highest BCUT2D eigenvalue weighted by Gasteiger charge is 2.42. The van der Waals surface area contributed by atoms with Gasteiger partial charge in [-0.3, -0.25) is 0 Å². The summed E-state index contributed by atoms with van der Waals surface area (Å²) in [6.07, 6.45) is 3.40. The zero-order valence-electron chi connectivity index (χ0n) is 10.7. The smallest absolute Gasteiger partial charge is 0.125 e. The fraction of sp³-hybridized carbons (Fsp3) is 0.750. The Morgan fingerprint density at radius 3 is 2.65 bits per heavy atom. The summed E-state index contributed by atoms with van der Waals surface area (Å²) in [5.41, 5.74) is 0.935. The van der Waals surface area contributed by atoms with Crippen LogP contribution < -0.4 is 5.32 Å². The monoisotopic (exact) mass is 256 g/mol. The third kappa shape index (κ3) is 2.38. The van der Waals surface area contributed by atoms with Crippen molar-refractivity contribution in [3.8, 4) is 0 Å². The maximum atomic E-state index is 5.67. The van der Waals surface area contributed by atoms with E-state index in [1.54, 1.807) is 25.6 Å². The number of methoxy groups -OCH3 is 2. The fourth-order valence-electron chi connectivity index (χ4n) is 2.13. The molecular weight excluding hydrogens is 236 g/mol. The number of rotatable bonds is 6. The van der Waals surface area contributed by atoms with Crippen LogP contribution in [0.25, 0.3) is 0 Å². The summed E-state index contributed by atoms with van der Waals surface area (Å²) >= 11 is 1.75. The summed E-state index contributed by atoms with van der Waals surface area (Å²) < 4.78 is 10.9. The highest BCUT2D eigenvalue weighted by atomic mass is 32.1. The van der Waals surface area contributed by atoms with Gasteiger partial charge in [0.25, 0.3) is 0 Å². The molecule has 2 rings (SSSR count). The van der Waals surface area contributed by atoms with Crippen molar-refractivity contribution in [2.24, 2.45) is 0 Å². The normalized spacial score (nSPS) is 18.1. The number of thiazole rings is 1. The lowest BCUT2D eigenvalue weighted by molar-refractivity contribution is -0.0781. The van der Waals surface area contributed by atoms with Crippen LogP contribution in [-0.2, 0) is 28.2 Å². The molecule has 0 aromatic carbocycles. The largest absolute Gasteiger partial charge is 0.378 e. The van der Waals surface area contributed by atoms with Gasteiger partial charge in [-0.05, 0) is 26.3 Å². The number of aromatic nitrogens is 1. The van der Waals surface area contributed by atoms with E-state index in [1.165, 1.54) is 11.3 Å². The molecule has 96 valence electrons. The minimum atomic E-state index is -0.112. The summed E-state index contributed by atoms with van der Waals surface area (Å²) in [5, 5.41) is 4.29. The van der Waals surface area contributed by atoms with Gasteiger partial charge in [-0.1, -0.05) is 0 Å². The van der Waals surface area contributed by atoms with Gasteiger partial charge in [0.2, 0.25) is 0 Å². The Kier molecular flexibility index (Phi) is 4.14. The third-order valence-electron chi connectivity index (χ3n) is 3.34. The van der Waals surface area contributed by atoms with Crippen molar-refractivity contribution >= 4 is 11.3 Å². The highest BCUT2D eigenvalue weighted by molar-refractivity contribution is 7.11. The molecule has 1 aromatic heterocycles. The van der Waals surface area contributed by atoms with Crippen LogP contribution in [0.1, 0.15) is 34.8 Å². The molecular formula is C12H20N2O2S. The molecule has 0 aliphatic heterocycles. The van der Waals surface area contributed by atoms with Gasteiger partial charge < -0.3 is 14.8 Å². The van der Waals surface area contributed by atoms with Crippen LogP contribution in [0.5, 0.6) is 0 Å². The summed E-state index contributed by atoms with van der Waals surface area (Å²) in [7, 11) is 5.44. The molecule has 1 aliphatic rings. The van der Waals surface area contributed by atoms with Gasteiger partial charge in [0.15, 0.2) is 0 Å². The topological polar surface area (TPSA) is 43.4 Å². The number of hydrogen-bond acceptors (Lipinski definition) is 5. The van der Waals surface area contributed by atoms with E-state index < -0.39 is 0 Å². The predicted molar refractivity (Wildman–Crippen MR) is 68.1 cm³/mol. The molecule has 4 nitrogen and oxygen atoms in total. The molecule has 0 bridgehead atoms. The van der Waals surface area contributed by atoms with E-state index in [9.17, 15) is 0 Å². The molecule has 1 heterocycles. The van der Waals surface area contributed by atoms with Gasteiger partial charge in [0, 0.05) is 25.6 Å². The van der Waals surface area contributed by atoms with Crippen LogP contribution in [-0.4, -0.2) is 26.3 Å². The fourth-order valence-corrected chi connectivity index (χ4v) is 3.43. The first kappa shape index (κ1) is 13.0. The van der Waals surface area contributed by atoms with Crippen LogP contribution in [0.2, 0.25) is 0 Å². The second kappa shape index (κ2) is 5.44. The SMILES string of the molecule is CNCc1sc(C2(OC)CCC2)nc1COC. The Labute approximate surface area is 106 Å². The van der Waals surface area contributed by atoms with E-state index in [-0.39, 0.29) is 5.60 Å². The molecule has 0 unspecified atom stereocenters. The van der Waals surface area contributed by atoms with Gasteiger partial charge in [-0.15, -0.1) is 11.3 Å². The predicted octanol–water partition coefficient (Wildman–Crippen LogP) is 2.03. The first-order valence-electron chi connectivity index (χ1n) is 5.93. The van der Waals surface area contributed by atoms with Gasteiger partial charge >= 0.3 is 0 Å². The Morgan fingerprint density at radius 1 is 1.41 bits per heavy atom. The number of hydrogen-bond donors (Lipinski definition) is 1. The number of nitrogens with zero attached hydrogens (tertiary/aromatic N) is 1. The Morgan fingerprint density at radius 2 is 2.18 bits per heavy atom. The van der Waals surface area contributed by atoms with Crippen molar-refractivity contribution in [3.05, 3.63) is 15.6 Å². The van der Waals surface area contributed by atoms with Crippen LogP contribution >= 0.6 is 11.3 Å². The summed E-state index contributed by atoms with van der Waals surface area (Å²) in [6, 6.07) is 0. The van der Waals surface area contributed by atoms with Crippen LogP contribution in [0.15, 0.2) is 0 Å². The van der Waals surface area contributed by atoms with Gasteiger partial charge in [-0.25, -0.2) is 4.98 Å². The van der Waals surface area contributed by atoms with E-state index >= 15 is 0 Å². The Balaban J connectivity index is 2.25. The van der Waals surface area contributed by atoms with E-state index in [2.05, 4.69) is 5.32 Å². The Hall–Kier alpha value is -0.490. The van der Waals surface area contributed by atoms with Crippen LogP contribution in [0, 0.1) is 0 Å². The summed E-state index contributed by atoms with van der Waals surface area (Å²) in [5.74, 6) is 0. The molecule has 1 saturated carbocycles. The molecule has 0 radical (unpaired) electrons. The lowest BCUT2D eigenvalue weighted by Crippen LogP contribution is -2.35. The molecule has 1 aliphatic carbocycles. The van der Waals surface area contributed by atoms with E-state index in [0.29, 0.717) is 6.61 Å². The minimum Gasteiger partial charge on any atom is -0.378 e. The van der Waals surface area contributed by atoms with Crippen LogP contribution in [0.4, 0.5) is 0 Å². The zero-order valence-corrected chi connectivity index (χ0v) is 11.5. The summed E-state index contributed by atoms with van der Waals surface area (Å²) in [6.45, 7) is 1.42. The second-order valence-electron chi connectivity index (χ2n) is 4.40. The van der Waals surface area contributed by atoms with Crippen LogP contribution in [0.3, 0.4) is 0 Å². The molecule has 5 heteroatoms.